The molecule has 7 heteroatoms. The molecule has 5 rings (SSSR count). The monoisotopic (exact) mass is 687 g/mol. The number of rotatable bonds is 14. The van der Waals surface area contributed by atoms with Gasteiger partial charge in [-0.3, -0.25) is 4.79 Å². The fourth-order valence-corrected chi connectivity index (χ4v) is 13.5. The molecule has 0 amide bonds. The minimum Gasteiger partial charge on any atom is -0.462 e. The molecule has 0 spiro atoms. The SMILES string of the molecule is C=C(C)[C@@H]1CC[C@]2(COC(=O)C[NH2+]CC[NH+](C)CCCCO)CC[C@]3(C)C(CCC4[C@@]5(C)CC[C@H](OC(=O)CC)C(C)(C)C5CC[C@]43C)C12. The Hall–Kier alpha value is -1.44. The molecular weight excluding hydrogens is 612 g/mol. The maximum atomic E-state index is 13.1. The molecule has 5 aliphatic rings. The number of unbranched alkanes of at least 4 members (excludes halogenated alkanes) is 1. The summed E-state index contributed by atoms with van der Waals surface area (Å²) < 4.78 is 12.3. The highest BCUT2D eigenvalue weighted by molar-refractivity contribution is 5.70. The Kier molecular flexibility index (Phi) is 11.8. The van der Waals surface area contributed by atoms with Crippen LogP contribution in [0.15, 0.2) is 12.2 Å². The Bertz CT molecular complexity index is 1200. The summed E-state index contributed by atoms with van der Waals surface area (Å²) in [5, 5.41) is 11.1. The standard InChI is InChI=1S/C42H72N2O5/c1-10-35(46)49-34-17-18-39(6)32(38(34,4)5)16-19-41(8)33(39)14-13-31-37-30(29(2)3)15-20-42(37,22-21-40(31,41)7)28-48-36(47)27-43-23-25-44(9)24-11-12-26-45/h30-34,37,43,45H,2,10-28H2,1,3-9H3/p+2/t30-,31?,32?,33?,34-,37?,39-,40+,41+,42+/m0/s1. The lowest BCUT2D eigenvalue weighted by Gasteiger charge is -2.73. The molecule has 5 unspecified atom stereocenters. The van der Waals surface area contributed by atoms with Crippen LogP contribution >= 0.6 is 0 Å². The Morgan fingerprint density at radius 1 is 0.878 bits per heavy atom. The first kappa shape index (κ1) is 38.8. The van der Waals surface area contributed by atoms with Crippen molar-refractivity contribution in [1.29, 1.82) is 0 Å². The fourth-order valence-electron chi connectivity index (χ4n) is 13.5. The normalized spacial score (nSPS) is 41.4. The fraction of sp³-hybridized carbons (Fsp3) is 0.905. The van der Waals surface area contributed by atoms with Gasteiger partial charge in [-0.05, 0) is 130 Å². The molecule has 7 nitrogen and oxygen atoms in total. The maximum absolute atomic E-state index is 13.1. The Labute approximate surface area is 299 Å². The Morgan fingerprint density at radius 2 is 1.63 bits per heavy atom. The van der Waals surface area contributed by atoms with Gasteiger partial charge in [-0.15, -0.1) is 0 Å². The number of hydrogen-bond acceptors (Lipinski definition) is 5. The first-order valence-corrected chi connectivity index (χ1v) is 20.3. The molecule has 280 valence electrons. The number of aliphatic hydroxyl groups is 1. The molecule has 0 saturated heterocycles. The van der Waals surface area contributed by atoms with Crippen molar-refractivity contribution in [2.75, 3.05) is 46.4 Å². The molecule has 5 saturated carbocycles. The van der Waals surface area contributed by atoms with Crippen molar-refractivity contribution in [3.05, 3.63) is 12.2 Å². The number of esters is 2. The number of nitrogens with one attached hydrogen (secondary N) is 1. The number of likely N-dealkylation sites (N-methyl/N-ethyl adjacent to an activating group) is 1. The molecule has 5 fully saturated rings. The predicted molar refractivity (Wildman–Crippen MR) is 195 cm³/mol. The first-order valence-electron chi connectivity index (χ1n) is 20.3. The highest BCUT2D eigenvalue weighted by Crippen LogP contribution is 2.77. The van der Waals surface area contributed by atoms with Crippen molar-refractivity contribution in [3.63, 3.8) is 0 Å². The van der Waals surface area contributed by atoms with Crippen LogP contribution in [0.1, 0.15) is 132 Å². The van der Waals surface area contributed by atoms with Gasteiger partial charge < -0.3 is 24.8 Å². The van der Waals surface area contributed by atoms with Crippen LogP contribution in [0.25, 0.3) is 0 Å². The van der Waals surface area contributed by atoms with Gasteiger partial charge in [0.1, 0.15) is 19.2 Å². The van der Waals surface area contributed by atoms with Crippen LogP contribution in [0.2, 0.25) is 0 Å². The third-order valence-corrected chi connectivity index (χ3v) is 16.4. The maximum Gasteiger partial charge on any atom is 0.361 e. The number of quaternary nitrogens is 2. The second-order valence-electron chi connectivity index (χ2n) is 19.1. The number of carbonyl (C=O) groups is 2. The van der Waals surface area contributed by atoms with E-state index in [0.29, 0.717) is 49.2 Å². The summed E-state index contributed by atoms with van der Waals surface area (Å²) in [7, 11) is 2.19. The number of hydrogen-bond donors (Lipinski definition) is 3. The quantitative estimate of drug-likeness (QED) is 0.130. The molecule has 0 bridgehead atoms. The first-order chi connectivity index (χ1) is 23.1. The number of aliphatic hydroxyl groups excluding tert-OH is 1. The van der Waals surface area contributed by atoms with E-state index in [1.54, 1.807) is 0 Å². The average molecular weight is 687 g/mol. The summed E-state index contributed by atoms with van der Waals surface area (Å²) in [5.74, 6) is 2.77. The third-order valence-electron chi connectivity index (χ3n) is 16.4. The van der Waals surface area contributed by atoms with Crippen LogP contribution in [-0.2, 0) is 19.1 Å². The van der Waals surface area contributed by atoms with Gasteiger partial charge in [-0.25, -0.2) is 4.79 Å². The van der Waals surface area contributed by atoms with E-state index in [1.807, 2.05) is 6.92 Å². The van der Waals surface area contributed by atoms with E-state index in [1.165, 1.54) is 49.0 Å². The van der Waals surface area contributed by atoms with E-state index >= 15 is 0 Å². The van der Waals surface area contributed by atoms with E-state index in [4.69, 9.17) is 14.6 Å². The van der Waals surface area contributed by atoms with Gasteiger partial charge in [-0.1, -0.05) is 53.7 Å². The second-order valence-corrected chi connectivity index (χ2v) is 19.1. The Morgan fingerprint density at radius 3 is 2.33 bits per heavy atom. The summed E-state index contributed by atoms with van der Waals surface area (Å²) in [5.41, 5.74) is 2.12. The lowest BCUT2D eigenvalue weighted by molar-refractivity contribution is -0.893. The van der Waals surface area contributed by atoms with Crippen LogP contribution < -0.4 is 10.2 Å². The molecule has 0 aliphatic heterocycles. The zero-order valence-electron chi connectivity index (χ0n) is 32.8. The summed E-state index contributed by atoms with van der Waals surface area (Å²) in [4.78, 5) is 27.0. The van der Waals surface area contributed by atoms with Crippen molar-refractivity contribution >= 4 is 11.9 Å². The van der Waals surface area contributed by atoms with Crippen LogP contribution in [-0.4, -0.2) is 69.6 Å². The minimum absolute atomic E-state index is 0.0181. The molecule has 49 heavy (non-hydrogen) atoms. The van der Waals surface area contributed by atoms with Gasteiger partial charge in [0.15, 0.2) is 6.54 Å². The molecule has 0 radical (unpaired) electrons. The van der Waals surface area contributed by atoms with Gasteiger partial charge in [0.2, 0.25) is 0 Å². The predicted octanol–water partition coefficient (Wildman–Crippen LogP) is 5.36. The number of ether oxygens (including phenoxy) is 2. The minimum atomic E-state index is -0.0667. The van der Waals surface area contributed by atoms with E-state index < -0.39 is 0 Å². The summed E-state index contributed by atoms with van der Waals surface area (Å²) in [6, 6.07) is 0. The smallest absolute Gasteiger partial charge is 0.361 e. The van der Waals surface area contributed by atoms with E-state index in [-0.39, 0.29) is 51.7 Å². The number of carbonyl (C=O) groups excluding carboxylic acids is 2. The molecule has 5 aliphatic carbocycles. The lowest BCUT2D eigenvalue weighted by atomic mass is 9.32. The molecule has 4 N–H and O–H groups in total. The van der Waals surface area contributed by atoms with E-state index in [2.05, 4.69) is 60.5 Å². The van der Waals surface area contributed by atoms with Gasteiger partial charge in [0.25, 0.3) is 0 Å². The zero-order valence-corrected chi connectivity index (χ0v) is 32.8. The van der Waals surface area contributed by atoms with Crippen molar-refractivity contribution in [2.24, 2.45) is 56.7 Å². The third kappa shape index (κ3) is 6.92. The average Bonchev–Trinajstić information content (AvgIpc) is 3.44. The van der Waals surface area contributed by atoms with Crippen LogP contribution in [0.4, 0.5) is 0 Å². The van der Waals surface area contributed by atoms with Crippen molar-refractivity contribution in [2.45, 2.75) is 138 Å². The van der Waals surface area contributed by atoms with Crippen molar-refractivity contribution in [1.82, 2.24) is 0 Å². The zero-order chi connectivity index (χ0) is 35.8. The van der Waals surface area contributed by atoms with Crippen molar-refractivity contribution in [3.8, 4) is 0 Å². The lowest BCUT2D eigenvalue weighted by Crippen LogP contribution is -3.12. The van der Waals surface area contributed by atoms with Crippen molar-refractivity contribution < 1.29 is 34.4 Å². The van der Waals surface area contributed by atoms with Crippen LogP contribution in [0, 0.1) is 56.7 Å². The molecule has 0 heterocycles. The van der Waals surface area contributed by atoms with Crippen LogP contribution in [0.5, 0.6) is 0 Å². The van der Waals surface area contributed by atoms with Crippen LogP contribution in [0.3, 0.4) is 0 Å². The highest BCUT2D eigenvalue weighted by Gasteiger charge is 2.71. The molecule has 0 aromatic rings. The molecule has 0 aromatic carbocycles. The van der Waals surface area contributed by atoms with Gasteiger partial charge in [0, 0.05) is 23.9 Å². The topological polar surface area (TPSA) is 93.9 Å². The van der Waals surface area contributed by atoms with E-state index in [9.17, 15) is 9.59 Å². The largest absolute Gasteiger partial charge is 0.462 e. The molecular formula is C42H74N2O5+2. The summed E-state index contributed by atoms with van der Waals surface area (Å²) in [6.45, 7) is 25.7. The van der Waals surface area contributed by atoms with E-state index in [0.717, 1.165) is 58.2 Å². The van der Waals surface area contributed by atoms with Gasteiger partial charge in [0.05, 0.1) is 20.2 Å². The highest BCUT2D eigenvalue weighted by atomic mass is 16.5. The molecule has 0 aromatic heterocycles. The Balaban J connectivity index is 1.29. The van der Waals surface area contributed by atoms with Gasteiger partial charge >= 0.3 is 11.9 Å². The van der Waals surface area contributed by atoms with Gasteiger partial charge in [-0.2, -0.15) is 0 Å². The number of fused-ring (bicyclic) bond motifs is 7. The summed E-state index contributed by atoms with van der Waals surface area (Å²) >= 11 is 0. The molecule has 11 atom stereocenters. The number of allylic oxidation sites excluding steroid dienone is 1. The number of nitrogens with two attached hydrogens (primary N) is 1. The summed E-state index contributed by atoms with van der Waals surface area (Å²) in [6.07, 6.45) is 14.2. The second kappa shape index (κ2) is 14.9.